The van der Waals surface area contributed by atoms with Gasteiger partial charge in [-0.15, -0.1) is 0 Å². The maximum absolute atomic E-state index is 4.83. The predicted octanol–water partition coefficient (Wildman–Crippen LogP) is 3.70. The van der Waals surface area contributed by atoms with Crippen molar-refractivity contribution >= 4 is 10.9 Å². The summed E-state index contributed by atoms with van der Waals surface area (Å²) in [6.45, 7) is 6.26. The third-order valence-corrected chi connectivity index (χ3v) is 4.14. The molecule has 0 N–H and O–H groups in total. The summed E-state index contributed by atoms with van der Waals surface area (Å²) in [5.41, 5.74) is 4.70. The van der Waals surface area contributed by atoms with Crippen LogP contribution in [0.4, 0.5) is 0 Å². The minimum Gasteiger partial charge on any atom is -0.246 e. The molecule has 0 saturated carbocycles. The Bertz CT molecular complexity index is 1040. The lowest BCUT2D eigenvalue weighted by atomic mass is 10.1. The molecule has 0 bridgehead atoms. The minimum atomic E-state index is 0.278. The van der Waals surface area contributed by atoms with Gasteiger partial charge in [-0.25, -0.2) is 24.6 Å². The van der Waals surface area contributed by atoms with Gasteiger partial charge >= 0.3 is 0 Å². The molecule has 0 spiro atoms. The van der Waals surface area contributed by atoms with Gasteiger partial charge in [-0.2, -0.15) is 5.10 Å². The molecule has 0 unspecified atom stereocenters. The number of hydrogen-bond donors (Lipinski definition) is 0. The number of aromatic nitrogens is 6. The van der Waals surface area contributed by atoms with Crippen LogP contribution in [0.1, 0.15) is 31.2 Å². The van der Waals surface area contributed by atoms with E-state index in [2.05, 4.69) is 53.0 Å². The molecule has 0 aliphatic heterocycles. The third-order valence-electron chi connectivity index (χ3n) is 4.14. The zero-order valence-electron chi connectivity index (χ0n) is 14.4. The van der Waals surface area contributed by atoms with E-state index >= 15 is 0 Å². The summed E-state index contributed by atoms with van der Waals surface area (Å²) in [4.78, 5) is 17.8. The summed E-state index contributed by atoms with van der Waals surface area (Å²) in [5, 5.41) is 5.30. The Morgan fingerprint density at radius 1 is 1.00 bits per heavy atom. The fourth-order valence-electron chi connectivity index (χ4n) is 2.80. The number of benzene rings is 1. The molecule has 6 nitrogen and oxygen atoms in total. The molecule has 0 fully saturated rings. The van der Waals surface area contributed by atoms with E-state index in [1.54, 1.807) is 17.2 Å². The van der Waals surface area contributed by atoms with Crippen LogP contribution in [0.25, 0.3) is 28.0 Å². The fourth-order valence-corrected chi connectivity index (χ4v) is 2.80. The van der Waals surface area contributed by atoms with Crippen LogP contribution in [0.5, 0.6) is 0 Å². The molecular weight excluding hydrogens is 312 g/mol. The van der Waals surface area contributed by atoms with Crippen molar-refractivity contribution in [2.24, 2.45) is 0 Å². The monoisotopic (exact) mass is 330 g/mol. The van der Waals surface area contributed by atoms with Crippen LogP contribution in [-0.2, 0) is 0 Å². The molecule has 3 aromatic heterocycles. The van der Waals surface area contributed by atoms with Crippen molar-refractivity contribution in [3.63, 3.8) is 0 Å². The first-order valence-corrected chi connectivity index (χ1v) is 8.21. The van der Waals surface area contributed by atoms with Gasteiger partial charge in [0.2, 0.25) is 0 Å². The third kappa shape index (κ3) is 2.87. The molecule has 3 heterocycles. The second-order valence-electron chi connectivity index (χ2n) is 6.32. The molecule has 25 heavy (non-hydrogen) atoms. The standard InChI is InChI=1S/C19H18N6/c1-12(2)19-21-7-6-16(24-19)18-8-13(3)15-5-4-14(9-17(15)23-18)25-11-20-10-22-25/h4-12H,1-3H3. The number of pyridine rings is 1. The Morgan fingerprint density at radius 3 is 2.64 bits per heavy atom. The lowest BCUT2D eigenvalue weighted by molar-refractivity contribution is 0.775. The molecular formula is C19H18N6. The molecule has 0 aliphatic carbocycles. The van der Waals surface area contributed by atoms with Crippen molar-refractivity contribution in [2.45, 2.75) is 26.7 Å². The van der Waals surface area contributed by atoms with Gasteiger partial charge in [0, 0.05) is 17.5 Å². The van der Waals surface area contributed by atoms with Crippen molar-refractivity contribution in [3.8, 4) is 17.1 Å². The summed E-state index contributed by atoms with van der Waals surface area (Å²) >= 11 is 0. The molecule has 0 amide bonds. The van der Waals surface area contributed by atoms with Crippen LogP contribution < -0.4 is 0 Å². The first kappa shape index (κ1) is 15.4. The molecule has 4 aromatic rings. The molecule has 0 atom stereocenters. The number of aryl methyl sites for hydroxylation is 1. The summed E-state index contributed by atoms with van der Waals surface area (Å²) in [6, 6.07) is 10.1. The molecule has 0 saturated heterocycles. The molecule has 0 radical (unpaired) electrons. The van der Waals surface area contributed by atoms with E-state index in [9.17, 15) is 0 Å². The van der Waals surface area contributed by atoms with E-state index < -0.39 is 0 Å². The van der Waals surface area contributed by atoms with Crippen molar-refractivity contribution in [2.75, 3.05) is 0 Å². The van der Waals surface area contributed by atoms with Gasteiger partial charge in [-0.1, -0.05) is 19.9 Å². The highest BCUT2D eigenvalue weighted by molar-refractivity contribution is 5.86. The van der Waals surface area contributed by atoms with Crippen LogP contribution in [0.2, 0.25) is 0 Å². The quantitative estimate of drug-likeness (QED) is 0.573. The average molecular weight is 330 g/mol. The average Bonchev–Trinajstić information content (AvgIpc) is 3.16. The number of rotatable bonds is 3. The summed E-state index contributed by atoms with van der Waals surface area (Å²) < 4.78 is 1.73. The molecule has 1 aromatic carbocycles. The molecule has 6 heteroatoms. The van der Waals surface area contributed by atoms with E-state index in [1.165, 1.54) is 6.33 Å². The van der Waals surface area contributed by atoms with Crippen LogP contribution in [0.15, 0.2) is 49.2 Å². The largest absolute Gasteiger partial charge is 0.246 e. The van der Waals surface area contributed by atoms with Gasteiger partial charge in [0.25, 0.3) is 0 Å². The van der Waals surface area contributed by atoms with Gasteiger partial charge in [-0.05, 0) is 36.8 Å². The predicted molar refractivity (Wildman–Crippen MR) is 96.5 cm³/mol. The second kappa shape index (κ2) is 6.05. The topological polar surface area (TPSA) is 69.4 Å². The number of nitrogens with zero attached hydrogens (tertiary/aromatic N) is 6. The normalized spacial score (nSPS) is 11.4. The highest BCUT2D eigenvalue weighted by Gasteiger charge is 2.10. The summed E-state index contributed by atoms with van der Waals surface area (Å²) in [5.74, 6) is 1.11. The maximum atomic E-state index is 4.83. The van der Waals surface area contributed by atoms with Crippen molar-refractivity contribution in [1.82, 2.24) is 29.7 Å². The SMILES string of the molecule is Cc1cc(-c2ccnc(C(C)C)n2)nc2cc(-n3cncn3)ccc12. The number of fused-ring (bicyclic) bond motifs is 1. The van der Waals surface area contributed by atoms with Crippen LogP contribution in [0.3, 0.4) is 0 Å². The Kier molecular flexibility index (Phi) is 3.72. The van der Waals surface area contributed by atoms with Crippen molar-refractivity contribution in [1.29, 1.82) is 0 Å². The maximum Gasteiger partial charge on any atom is 0.138 e. The highest BCUT2D eigenvalue weighted by atomic mass is 15.3. The Balaban J connectivity index is 1.86. The van der Waals surface area contributed by atoms with Gasteiger partial charge < -0.3 is 0 Å². The highest BCUT2D eigenvalue weighted by Crippen LogP contribution is 2.25. The van der Waals surface area contributed by atoms with E-state index in [-0.39, 0.29) is 5.92 Å². The van der Waals surface area contributed by atoms with E-state index in [0.29, 0.717) is 0 Å². The van der Waals surface area contributed by atoms with Crippen LogP contribution in [-0.4, -0.2) is 29.7 Å². The van der Waals surface area contributed by atoms with E-state index in [4.69, 9.17) is 4.98 Å². The zero-order valence-corrected chi connectivity index (χ0v) is 14.4. The van der Waals surface area contributed by atoms with Crippen molar-refractivity contribution in [3.05, 3.63) is 60.6 Å². The lowest BCUT2D eigenvalue weighted by Crippen LogP contribution is -2.00. The van der Waals surface area contributed by atoms with Gasteiger partial charge in [0.05, 0.1) is 22.6 Å². The van der Waals surface area contributed by atoms with Crippen molar-refractivity contribution < 1.29 is 0 Å². The Hall–Kier alpha value is -3.15. The molecule has 124 valence electrons. The van der Waals surface area contributed by atoms with E-state index in [0.717, 1.165) is 39.4 Å². The fraction of sp³-hybridized carbons (Fsp3) is 0.211. The first-order valence-electron chi connectivity index (χ1n) is 8.21. The van der Waals surface area contributed by atoms with Crippen LogP contribution in [0, 0.1) is 6.92 Å². The van der Waals surface area contributed by atoms with Crippen LogP contribution >= 0.6 is 0 Å². The molecule has 0 aliphatic rings. The molecule has 4 rings (SSSR count). The van der Waals surface area contributed by atoms with Gasteiger partial charge in [0.15, 0.2) is 0 Å². The minimum absolute atomic E-state index is 0.278. The first-order chi connectivity index (χ1) is 12.1. The van der Waals surface area contributed by atoms with E-state index in [1.807, 2.05) is 18.2 Å². The second-order valence-corrected chi connectivity index (χ2v) is 6.32. The Labute approximate surface area is 145 Å². The lowest BCUT2D eigenvalue weighted by Gasteiger charge is -2.09. The summed E-state index contributed by atoms with van der Waals surface area (Å²) in [6.07, 6.45) is 5.00. The Morgan fingerprint density at radius 2 is 1.88 bits per heavy atom. The smallest absolute Gasteiger partial charge is 0.138 e. The number of hydrogen-bond acceptors (Lipinski definition) is 5. The van der Waals surface area contributed by atoms with Gasteiger partial charge in [0.1, 0.15) is 18.5 Å². The zero-order chi connectivity index (χ0) is 17.4. The van der Waals surface area contributed by atoms with Gasteiger partial charge in [-0.3, -0.25) is 0 Å². The summed E-state index contributed by atoms with van der Waals surface area (Å²) in [7, 11) is 0.